The number of nitrogens with zero attached hydrogens (tertiary/aromatic N) is 4. The van der Waals surface area contributed by atoms with Crippen molar-refractivity contribution in [3.8, 4) is 11.3 Å². The molecule has 0 fully saturated rings. The highest BCUT2D eigenvalue weighted by Gasteiger charge is 2.21. The zero-order valence-electron chi connectivity index (χ0n) is 13.9. The molecule has 3 aromatic rings. The molecular formula is C17H17IN4O2. The van der Waals surface area contributed by atoms with Crippen molar-refractivity contribution in [1.82, 2.24) is 19.5 Å². The van der Waals surface area contributed by atoms with E-state index in [1.54, 1.807) is 18.6 Å². The van der Waals surface area contributed by atoms with Crippen LogP contribution in [0, 0.1) is 10.5 Å². The van der Waals surface area contributed by atoms with Gasteiger partial charge in [-0.3, -0.25) is 4.98 Å². The number of aryl methyl sites for hydroxylation is 1. The van der Waals surface area contributed by atoms with Crippen LogP contribution in [0.5, 0.6) is 0 Å². The molecule has 0 radical (unpaired) electrons. The van der Waals surface area contributed by atoms with E-state index < -0.39 is 11.7 Å². The molecule has 0 atom stereocenters. The van der Waals surface area contributed by atoms with E-state index in [4.69, 9.17) is 4.74 Å². The number of carbonyl (C=O) groups is 1. The van der Waals surface area contributed by atoms with Crippen molar-refractivity contribution in [3.05, 3.63) is 40.0 Å². The fourth-order valence-electron chi connectivity index (χ4n) is 2.25. The van der Waals surface area contributed by atoms with E-state index in [9.17, 15) is 4.79 Å². The highest BCUT2D eigenvalue weighted by atomic mass is 127. The molecule has 0 N–H and O–H groups in total. The molecule has 0 aliphatic heterocycles. The molecule has 24 heavy (non-hydrogen) atoms. The summed E-state index contributed by atoms with van der Waals surface area (Å²) in [7, 11) is 0. The first-order valence-corrected chi connectivity index (χ1v) is 8.52. The molecule has 0 aliphatic carbocycles. The van der Waals surface area contributed by atoms with Gasteiger partial charge >= 0.3 is 6.09 Å². The highest BCUT2D eigenvalue weighted by molar-refractivity contribution is 14.1. The summed E-state index contributed by atoms with van der Waals surface area (Å²) in [6, 6.07) is 3.84. The van der Waals surface area contributed by atoms with Crippen LogP contribution in [-0.4, -0.2) is 31.2 Å². The van der Waals surface area contributed by atoms with E-state index in [2.05, 4.69) is 37.5 Å². The molecule has 0 amide bonds. The lowest BCUT2D eigenvalue weighted by molar-refractivity contribution is 0.0543. The van der Waals surface area contributed by atoms with Crippen LogP contribution in [0.25, 0.3) is 22.4 Å². The van der Waals surface area contributed by atoms with Gasteiger partial charge < -0.3 is 4.74 Å². The Hall–Kier alpha value is -2.03. The third kappa shape index (κ3) is 3.40. The smallest absolute Gasteiger partial charge is 0.420 e. The summed E-state index contributed by atoms with van der Waals surface area (Å²) < 4.78 is 7.66. The van der Waals surface area contributed by atoms with Crippen molar-refractivity contribution in [2.75, 3.05) is 0 Å². The number of aromatic nitrogens is 4. The molecule has 0 saturated heterocycles. The Morgan fingerprint density at radius 3 is 2.71 bits per heavy atom. The largest absolute Gasteiger partial charge is 0.443 e. The van der Waals surface area contributed by atoms with Crippen molar-refractivity contribution in [2.24, 2.45) is 0 Å². The molecule has 7 heteroatoms. The van der Waals surface area contributed by atoms with Crippen LogP contribution in [0.15, 0.2) is 30.7 Å². The van der Waals surface area contributed by atoms with E-state index in [1.807, 2.05) is 39.8 Å². The van der Waals surface area contributed by atoms with Crippen molar-refractivity contribution >= 4 is 39.8 Å². The predicted octanol–water partition coefficient (Wildman–Crippen LogP) is 4.19. The maximum atomic E-state index is 12.3. The molecule has 0 unspecified atom stereocenters. The number of hydrogen-bond donors (Lipinski definition) is 0. The van der Waals surface area contributed by atoms with Crippen LogP contribution in [0.4, 0.5) is 4.79 Å². The zero-order chi connectivity index (χ0) is 17.5. The summed E-state index contributed by atoms with van der Waals surface area (Å²) in [5.41, 5.74) is 3.19. The zero-order valence-corrected chi connectivity index (χ0v) is 16.0. The van der Waals surface area contributed by atoms with Gasteiger partial charge in [0.25, 0.3) is 0 Å². The van der Waals surface area contributed by atoms with Crippen LogP contribution in [0.3, 0.4) is 0 Å². The highest BCUT2D eigenvalue weighted by Crippen LogP contribution is 2.24. The molecular weight excluding hydrogens is 419 g/mol. The second-order valence-corrected chi connectivity index (χ2v) is 7.60. The third-order valence-electron chi connectivity index (χ3n) is 3.23. The monoisotopic (exact) mass is 436 g/mol. The Balaban J connectivity index is 2.06. The predicted molar refractivity (Wildman–Crippen MR) is 99.8 cm³/mol. The second kappa shape index (κ2) is 6.12. The lowest BCUT2D eigenvalue weighted by atomic mass is 10.2. The average Bonchev–Trinajstić information content (AvgIpc) is 2.82. The molecule has 0 aliphatic rings. The quantitative estimate of drug-likeness (QED) is 0.536. The Bertz CT molecular complexity index is 928. The minimum Gasteiger partial charge on any atom is -0.443 e. The summed E-state index contributed by atoms with van der Waals surface area (Å²) >= 11 is 2.15. The normalized spacial score (nSPS) is 11.7. The van der Waals surface area contributed by atoms with Crippen LogP contribution >= 0.6 is 22.6 Å². The minimum atomic E-state index is -0.568. The van der Waals surface area contributed by atoms with Gasteiger partial charge in [0.2, 0.25) is 0 Å². The van der Waals surface area contributed by atoms with Gasteiger partial charge in [-0.1, -0.05) is 0 Å². The van der Waals surface area contributed by atoms with Gasteiger partial charge in [-0.05, 0) is 62.4 Å². The van der Waals surface area contributed by atoms with Crippen LogP contribution < -0.4 is 0 Å². The van der Waals surface area contributed by atoms with E-state index >= 15 is 0 Å². The van der Waals surface area contributed by atoms with E-state index in [0.717, 1.165) is 20.5 Å². The molecule has 3 rings (SSSR count). The van der Waals surface area contributed by atoms with Crippen LogP contribution in [0.2, 0.25) is 0 Å². The fraction of sp³-hybridized carbons (Fsp3) is 0.294. The van der Waals surface area contributed by atoms with Crippen molar-refractivity contribution < 1.29 is 9.53 Å². The first-order chi connectivity index (χ1) is 11.2. The first-order valence-electron chi connectivity index (χ1n) is 7.44. The number of halogens is 1. The van der Waals surface area contributed by atoms with E-state index in [1.165, 1.54) is 4.57 Å². The van der Waals surface area contributed by atoms with Gasteiger partial charge in [-0.25, -0.2) is 19.3 Å². The van der Waals surface area contributed by atoms with Gasteiger partial charge in [0.05, 0.1) is 15.5 Å². The van der Waals surface area contributed by atoms with Gasteiger partial charge in [-0.2, -0.15) is 0 Å². The molecule has 3 heterocycles. The fourth-order valence-corrected chi connectivity index (χ4v) is 2.89. The number of ether oxygens (including phenoxy) is 1. The molecule has 0 bridgehead atoms. The SMILES string of the molecule is Cc1cc(-c2cnc3c(n2)c(I)cn3C(=O)OC(C)(C)C)ccn1. The number of fused-ring (bicyclic) bond motifs is 1. The summed E-state index contributed by atoms with van der Waals surface area (Å²) in [6.07, 6.45) is 4.64. The maximum absolute atomic E-state index is 12.3. The number of hydrogen-bond acceptors (Lipinski definition) is 5. The van der Waals surface area contributed by atoms with Gasteiger partial charge in [0.1, 0.15) is 11.1 Å². The van der Waals surface area contributed by atoms with E-state index in [-0.39, 0.29) is 0 Å². The van der Waals surface area contributed by atoms with Crippen LogP contribution in [-0.2, 0) is 4.74 Å². The Labute approximate surface area is 153 Å². The topological polar surface area (TPSA) is 69.9 Å². The van der Waals surface area contributed by atoms with Crippen molar-refractivity contribution in [2.45, 2.75) is 33.3 Å². The Morgan fingerprint density at radius 2 is 2.04 bits per heavy atom. The summed E-state index contributed by atoms with van der Waals surface area (Å²) in [6.45, 7) is 7.42. The molecule has 6 nitrogen and oxygen atoms in total. The number of rotatable bonds is 1. The minimum absolute atomic E-state index is 0.461. The molecule has 0 saturated carbocycles. The first kappa shape index (κ1) is 16.8. The number of pyridine rings is 1. The molecule has 0 spiro atoms. The molecule has 124 valence electrons. The van der Waals surface area contributed by atoms with Gasteiger partial charge in [0, 0.05) is 23.7 Å². The summed E-state index contributed by atoms with van der Waals surface area (Å²) in [5, 5.41) is 0. The van der Waals surface area contributed by atoms with Gasteiger partial charge in [-0.15, -0.1) is 0 Å². The molecule has 3 aromatic heterocycles. The summed E-state index contributed by atoms with van der Waals surface area (Å²) in [5.74, 6) is 0. The van der Waals surface area contributed by atoms with Gasteiger partial charge in [0.15, 0.2) is 5.65 Å². The van der Waals surface area contributed by atoms with E-state index in [0.29, 0.717) is 11.2 Å². The van der Waals surface area contributed by atoms with Crippen molar-refractivity contribution in [3.63, 3.8) is 0 Å². The van der Waals surface area contributed by atoms with Crippen molar-refractivity contribution in [1.29, 1.82) is 0 Å². The second-order valence-electron chi connectivity index (χ2n) is 6.44. The average molecular weight is 436 g/mol. The standard InChI is InChI=1S/C17H17IN4O2/c1-10-7-11(5-6-19-10)13-8-20-15-14(21-13)12(18)9-22(15)16(23)24-17(2,3)4/h5-9H,1-4H3. The van der Waals surface area contributed by atoms with Crippen LogP contribution in [0.1, 0.15) is 26.5 Å². The summed E-state index contributed by atoms with van der Waals surface area (Å²) in [4.78, 5) is 25.6. The third-order valence-corrected chi connectivity index (χ3v) is 4.02. The number of carbonyl (C=O) groups excluding carboxylic acids is 1. The maximum Gasteiger partial charge on any atom is 0.420 e. The molecule has 0 aromatic carbocycles. The lowest BCUT2D eigenvalue weighted by Crippen LogP contribution is -2.26. The lowest BCUT2D eigenvalue weighted by Gasteiger charge is -2.19. The Morgan fingerprint density at radius 1 is 1.29 bits per heavy atom. The Kier molecular flexibility index (Phi) is 4.29.